The van der Waals surface area contributed by atoms with Crippen LogP contribution in [0.15, 0.2) is 17.0 Å². The Hall–Kier alpha value is -2.79. The Balaban J connectivity index is 1.94. The van der Waals surface area contributed by atoms with Crippen molar-refractivity contribution in [1.82, 2.24) is 10.2 Å². The molecule has 168 valence electrons. The molecule has 11 heteroatoms. The van der Waals surface area contributed by atoms with Crippen LogP contribution in [0.3, 0.4) is 0 Å². The Morgan fingerprint density at radius 1 is 1.19 bits per heavy atom. The second-order valence-corrected chi connectivity index (χ2v) is 8.23. The first-order chi connectivity index (χ1) is 14.8. The van der Waals surface area contributed by atoms with E-state index >= 15 is 0 Å². The van der Waals surface area contributed by atoms with Gasteiger partial charge >= 0.3 is 5.97 Å². The first-order valence-corrected chi connectivity index (χ1v) is 10.7. The molecule has 1 fully saturated rings. The highest BCUT2D eigenvalue weighted by Crippen LogP contribution is 2.39. The lowest BCUT2D eigenvalue weighted by atomic mass is 10.1. The number of nitrogens with zero attached hydrogens (tertiary/aromatic N) is 1. The topological polar surface area (TPSA) is 125 Å². The predicted molar refractivity (Wildman–Crippen MR) is 120 cm³/mol. The smallest absolute Gasteiger partial charge is 0.303 e. The predicted octanol–water partition coefficient (Wildman–Crippen LogP) is 2.37. The van der Waals surface area contributed by atoms with Crippen LogP contribution in [-0.4, -0.2) is 64.5 Å². The minimum Gasteiger partial charge on any atom is -0.502 e. The molecule has 0 spiro atoms. The van der Waals surface area contributed by atoms with Crippen LogP contribution in [0.2, 0.25) is 0 Å². The summed E-state index contributed by atoms with van der Waals surface area (Å²) in [7, 11) is 2.83. The molecule has 31 heavy (non-hydrogen) atoms. The number of carbonyl (C=O) groups is 3. The fourth-order valence-electron chi connectivity index (χ4n) is 2.79. The van der Waals surface area contributed by atoms with E-state index in [1.54, 1.807) is 18.2 Å². The van der Waals surface area contributed by atoms with Gasteiger partial charge in [0.05, 0.1) is 19.1 Å². The second-order valence-electron chi connectivity index (χ2n) is 6.56. The lowest BCUT2D eigenvalue weighted by Crippen LogP contribution is -2.31. The van der Waals surface area contributed by atoms with E-state index in [2.05, 4.69) is 5.32 Å². The van der Waals surface area contributed by atoms with Gasteiger partial charge in [-0.05, 0) is 36.6 Å². The molecule has 2 amide bonds. The number of phenols is 1. The Morgan fingerprint density at radius 2 is 1.84 bits per heavy atom. The number of aromatic hydroxyl groups is 1. The van der Waals surface area contributed by atoms with Gasteiger partial charge in [0, 0.05) is 25.9 Å². The molecule has 0 atom stereocenters. The number of carbonyl (C=O) groups excluding carboxylic acids is 2. The van der Waals surface area contributed by atoms with Crippen molar-refractivity contribution in [3.8, 4) is 17.2 Å². The molecule has 0 bridgehead atoms. The van der Waals surface area contributed by atoms with Crippen molar-refractivity contribution in [1.29, 1.82) is 0 Å². The van der Waals surface area contributed by atoms with E-state index in [0.717, 1.165) is 11.8 Å². The zero-order valence-corrected chi connectivity index (χ0v) is 18.8. The fourth-order valence-corrected chi connectivity index (χ4v) is 4.10. The lowest BCUT2D eigenvalue weighted by Gasteiger charge is -2.14. The van der Waals surface area contributed by atoms with Crippen LogP contribution in [0.25, 0.3) is 6.08 Å². The number of rotatable bonds is 11. The third kappa shape index (κ3) is 6.86. The largest absolute Gasteiger partial charge is 0.502 e. The number of aliphatic carboxylic acids is 1. The summed E-state index contributed by atoms with van der Waals surface area (Å²) < 4.78 is 10.7. The van der Waals surface area contributed by atoms with Gasteiger partial charge in [-0.1, -0.05) is 24.0 Å². The number of carboxylic acids is 1. The first kappa shape index (κ1) is 24.5. The maximum absolute atomic E-state index is 12.7. The van der Waals surface area contributed by atoms with E-state index in [1.165, 1.54) is 19.1 Å². The molecule has 1 saturated heterocycles. The zero-order valence-electron chi connectivity index (χ0n) is 17.2. The molecule has 1 aliphatic heterocycles. The van der Waals surface area contributed by atoms with Crippen LogP contribution in [-0.2, 0) is 14.4 Å². The van der Waals surface area contributed by atoms with Crippen LogP contribution in [0.5, 0.6) is 17.2 Å². The van der Waals surface area contributed by atoms with Crippen molar-refractivity contribution >= 4 is 52.2 Å². The Morgan fingerprint density at radius 3 is 2.42 bits per heavy atom. The monoisotopic (exact) mass is 468 g/mol. The van der Waals surface area contributed by atoms with Crippen molar-refractivity contribution in [2.45, 2.75) is 25.7 Å². The number of hydrogen-bond donors (Lipinski definition) is 3. The van der Waals surface area contributed by atoms with Gasteiger partial charge in [-0.3, -0.25) is 19.3 Å². The number of carboxylic acid groups (broad SMARTS) is 1. The number of hydrogen-bond acceptors (Lipinski definition) is 8. The summed E-state index contributed by atoms with van der Waals surface area (Å²) in [5.41, 5.74) is 0.604. The fraction of sp³-hybridized carbons (Fsp3) is 0.400. The molecular weight excluding hydrogens is 444 g/mol. The molecule has 2 rings (SSSR count). The number of amides is 2. The third-order valence-electron chi connectivity index (χ3n) is 4.35. The zero-order chi connectivity index (χ0) is 23.0. The van der Waals surface area contributed by atoms with Gasteiger partial charge in [-0.2, -0.15) is 0 Å². The summed E-state index contributed by atoms with van der Waals surface area (Å²) >= 11 is 6.45. The summed E-state index contributed by atoms with van der Waals surface area (Å²) in [6.45, 7) is 0.598. The van der Waals surface area contributed by atoms with E-state index in [9.17, 15) is 19.5 Å². The van der Waals surface area contributed by atoms with Crippen molar-refractivity contribution in [2.24, 2.45) is 0 Å². The highest BCUT2D eigenvalue weighted by atomic mass is 32.2. The SMILES string of the molecule is COc1cc(/C=C2\SC(=S)N(CCCC(=O)NCCCC(=O)O)C2=O)cc(OC)c1O. The van der Waals surface area contributed by atoms with Crippen LogP contribution in [0.1, 0.15) is 31.2 Å². The summed E-state index contributed by atoms with van der Waals surface area (Å²) in [6.07, 6.45) is 2.63. The minimum atomic E-state index is -0.902. The van der Waals surface area contributed by atoms with E-state index in [0.29, 0.717) is 40.7 Å². The number of nitrogens with one attached hydrogen (secondary N) is 1. The normalized spacial score (nSPS) is 14.8. The first-order valence-electron chi connectivity index (χ1n) is 9.45. The Kier molecular flexibility index (Phi) is 9.13. The van der Waals surface area contributed by atoms with E-state index in [-0.39, 0.29) is 41.9 Å². The molecule has 0 aromatic heterocycles. The molecule has 9 nitrogen and oxygen atoms in total. The van der Waals surface area contributed by atoms with E-state index in [4.69, 9.17) is 26.8 Å². The maximum Gasteiger partial charge on any atom is 0.303 e. The van der Waals surface area contributed by atoms with Gasteiger partial charge in [0.15, 0.2) is 11.5 Å². The highest BCUT2D eigenvalue weighted by molar-refractivity contribution is 8.26. The van der Waals surface area contributed by atoms with Crippen molar-refractivity contribution in [2.75, 3.05) is 27.3 Å². The van der Waals surface area contributed by atoms with Crippen LogP contribution in [0.4, 0.5) is 0 Å². The van der Waals surface area contributed by atoms with Gasteiger partial charge in [-0.15, -0.1) is 0 Å². The lowest BCUT2D eigenvalue weighted by molar-refractivity contribution is -0.137. The van der Waals surface area contributed by atoms with Crippen LogP contribution in [0, 0.1) is 0 Å². The van der Waals surface area contributed by atoms with Gasteiger partial charge in [0.2, 0.25) is 11.7 Å². The average Bonchev–Trinajstić information content (AvgIpc) is 2.99. The molecule has 1 aromatic carbocycles. The summed E-state index contributed by atoms with van der Waals surface area (Å²) in [4.78, 5) is 36.9. The number of ether oxygens (including phenoxy) is 2. The van der Waals surface area contributed by atoms with Crippen LogP contribution >= 0.6 is 24.0 Å². The third-order valence-corrected chi connectivity index (χ3v) is 5.73. The Labute approximate surface area is 189 Å². The van der Waals surface area contributed by atoms with E-state index < -0.39 is 5.97 Å². The van der Waals surface area contributed by atoms with Crippen LogP contribution < -0.4 is 14.8 Å². The average molecular weight is 469 g/mol. The number of phenolic OH excluding ortho intramolecular Hbond substituents is 1. The van der Waals surface area contributed by atoms with Gasteiger partial charge in [0.25, 0.3) is 5.91 Å². The molecule has 1 aromatic rings. The summed E-state index contributed by atoms with van der Waals surface area (Å²) in [5, 5.41) is 21.2. The molecule has 1 heterocycles. The molecule has 3 N–H and O–H groups in total. The maximum atomic E-state index is 12.7. The standard InChI is InChI=1S/C20H24N2O7S2/c1-28-13-9-12(10-14(29-2)18(13)26)11-15-19(27)22(20(30)31-15)8-4-5-16(23)21-7-3-6-17(24)25/h9-11,26H,3-8H2,1-2H3,(H,21,23)(H,24,25)/b15-11-. The minimum absolute atomic E-state index is 0.00193. The summed E-state index contributed by atoms with van der Waals surface area (Å²) in [5.74, 6) is -1.06. The number of benzene rings is 1. The highest BCUT2D eigenvalue weighted by Gasteiger charge is 2.31. The van der Waals surface area contributed by atoms with Gasteiger partial charge < -0.3 is 25.0 Å². The van der Waals surface area contributed by atoms with Crippen molar-refractivity contribution < 1.29 is 34.1 Å². The molecule has 1 aliphatic rings. The molecule has 0 aliphatic carbocycles. The van der Waals surface area contributed by atoms with Crippen molar-refractivity contribution in [3.05, 3.63) is 22.6 Å². The number of thiocarbonyl (C=S) groups is 1. The number of thioether (sulfide) groups is 1. The molecule has 0 unspecified atom stereocenters. The second kappa shape index (κ2) is 11.6. The van der Waals surface area contributed by atoms with Gasteiger partial charge in [-0.25, -0.2) is 0 Å². The Bertz CT molecular complexity index is 877. The summed E-state index contributed by atoms with van der Waals surface area (Å²) in [6, 6.07) is 3.16. The van der Waals surface area contributed by atoms with E-state index in [1.807, 2.05) is 0 Å². The quantitative estimate of drug-likeness (QED) is 0.255. The molecule has 0 saturated carbocycles. The van der Waals surface area contributed by atoms with Crippen molar-refractivity contribution in [3.63, 3.8) is 0 Å². The number of methoxy groups -OCH3 is 2. The molecular formula is C20H24N2O7S2. The van der Waals surface area contributed by atoms with Gasteiger partial charge in [0.1, 0.15) is 4.32 Å². The molecule has 0 radical (unpaired) electrons.